The normalized spacial score (nSPS) is 23.5. The fourth-order valence-electron chi connectivity index (χ4n) is 3.13. The lowest BCUT2D eigenvalue weighted by Crippen LogP contribution is -2.43. The van der Waals surface area contributed by atoms with Gasteiger partial charge in [-0.05, 0) is 56.5 Å². The van der Waals surface area contributed by atoms with Crippen molar-refractivity contribution in [1.82, 2.24) is 15.5 Å². The molecule has 1 saturated heterocycles. The molecule has 22 heavy (non-hydrogen) atoms. The summed E-state index contributed by atoms with van der Waals surface area (Å²) in [5.41, 5.74) is 2.03. The van der Waals surface area contributed by atoms with E-state index in [0.717, 1.165) is 37.3 Å². The van der Waals surface area contributed by atoms with Crippen molar-refractivity contribution in [3.05, 3.63) is 29.7 Å². The fourth-order valence-corrected chi connectivity index (χ4v) is 3.13. The van der Waals surface area contributed by atoms with Crippen LogP contribution in [0.2, 0.25) is 0 Å². The van der Waals surface area contributed by atoms with E-state index in [9.17, 15) is 0 Å². The van der Waals surface area contributed by atoms with Crippen molar-refractivity contribution in [3.63, 3.8) is 0 Å². The molecule has 1 N–H and O–H groups in total. The molecule has 6 heteroatoms. The number of rotatable bonds is 2. The molecule has 0 radical (unpaired) electrons. The van der Waals surface area contributed by atoms with Crippen molar-refractivity contribution >= 4 is 12.4 Å². The second kappa shape index (κ2) is 5.89. The molecule has 0 bridgehead atoms. The monoisotopic (exact) mass is 321 g/mol. The third-order valence-electron chi connectivity index (χ3n) is 4.46. The molecule has 5 nitrogen and oxygen atoms in total. The molecule has 1 atom stereocenters. The summed E-state index contributed by atoms with van der Waals surface area (Å²) in [7, 11) is 0. The molecule has 1 aromatic carbocycles. The summed E-state index contributed by atoms with van der Waals surface area (Å²) in [5.74, 6) is 2.32. The fraction of sp³-hybridized carbons (Fsp3) is 0.500. The van der Waals surface area contributed by atoms with Crippen LogP contribution in [0.5, 0.6) is 5.75 Å². The SMILES string of the molecule is CC1(c2nc(-c3ccc4c(c3)CCO4)no2)CCCCN1.Cl. The Hall–Kier alpha value is -1.59. The zero-order valence-corrected chi connectivity index (χ0v) is 13.4. The van der Waals surface area contributed by atoms with E-state index in [1.54, 1.807) is 0 Å². The number of hydrogen-bond donors (Lipinski definition) is 1. The van der Waals surface area contributed by atoms with Gasteiger partial charge in [0.1, 0.15) is 5.75 Å². The Morgan fingerprint density at radius 2 is 2.18 bits per heavy atom. The van der Waals surface area contributed by atoms with Crippen molar-refractivity contribution < 1.29 is 9.26 Å². The average molecular weight is 322 g/mol. The highest BCUT2D eigenvalue weighted by Gasteiger charge is 2.34. The standard InChI is InChI=1S/C16H19N3O2.ClH/c1-16(7-2-3-8-17-16)15-18-14(19-21-15)12-4-5-13-11(10-12)6-9-20-13;/h4-5,10,17H,2-3,6-9H2,1H3;1H. The maximum atomic E-state index is 5.53. The van der Waals surface area contributed by atoms with Crippen LogP contribution in [0, 0.1) is 0 Å². The van der Waals surface area contributed by atoms with Gasteiger partial charge in [-0.1, -0.05) is 5.16 Å². The number of aromatic nitrogens is 2. The number of nitrogens with zero attached hydrogens (tertiary/aromatic N) is 2. The van der Waals surface area contributed by atoms with Crippen LogP contribution < -0.4 is 10.1 Å². The molecule has 4 rings (SSSR count). The summed E-state index contributed by atoms with van der Waals surface area (Å²) < 4.78 is 11.1. The maximum Gasteiger partial charge on any atom is 0.246 e. The largest absolute Gasteiger partial charge is 0.493 e. The van der Waals surface area contributed by atoms with Gasteiger partial charge in [-0.25, -0.2) is 0 Å². The number of nitrogens with one attached hydrogen (secondary N) is 1. The Labute approximate surface area is 135 Å². The summed E-state index contributed by atoms with van der Waals surface area (Å²) in [6.45, 7) is 3.91. The number of halogens is 1. The Morgan fingerprint density at radius 1 is 1.27 bits per heavy atom. The van der Waals surface area contributed by atoms with Crippen LogP contribution in [0.1, 0.15) is 37.6 Å². The molecule has 0 saturated carbocycles. The Bertz CT molecular complexity index is 665. The highest BCUT2D eigenvalue weighted by molar-refractivity contribution is 5.85. The summed E-state index contributed by atoms with van der Waals surface area (Å²) in [4.78, 5) is 4.62. The Kier molecular flexibility index (Phi) is 4.10. The molecule has 1 aromatic heterocycles. The first kappa shape index (κ1) is 15.3. The lowest BCUT2D eigenvalue weighted by molar-refractivity contribution is 0.207. The first-order chi connectivity index (χ1) is 10.2. The molecular weight excluding hydrogens is 302 g/mol. The molecule has 2 aliphatic heterocycles. The van der Waals surface area contributed by atoms with E-state index in [-0.39, 0.29) is 17.9 Å². The van der Waals surface area contributed by atoms with Crippen LogP contribution in [-0.4, -0.2) is 23.3 Å². The van der Waals surface area contributed by atoms with E-state index in [0.29, 0.717) is 11.7 Å². The zero-order chi connectivity index (χ0) is 14.3. The minimum absolute atomic E-state index is 0. The van der Waals surface area contributed by atoms with Crippen molar-refractivity contribution in [2.45, 2.75) is 38.1 Å². The highest BCUT2D eigenvalue weighted by Crippen LogP contribution is 2.32. The predicted octanol–water partition coefficient (Wildman–Crippen LogP) is 3.08. The highest BCUT2D eigenvalue weighted by atomic mass is 35.5. The molecule has 2 aromatic rings. The van der Waals surface area contributed by atoms with Crippen molar-refractivity contribution in [3.8, 4) is 17.1 Å². The first-order valence-electron chi connectivity index (χ1n) is 7.60. The quantitative estimate of drug-likeness (QED) is 0.921. The van der Waals surface area contributed by atoms with E-state index in [1.807, 2.05) is 12.1 Å². The molecular formula is C16H20ClN3O2. The molecule has 118 valence electrons. The van der Waals surface area contributed by atoms with Crippen LogP contribution in [0.4, 0.5) is 0 Å². The lowest BCUT2D eigenvalue weighted by atomic mass is 9.91. The second-order valence-corrected chi connectivity index (χ2v) is 6.06. The molecule has 0 amide bonds. The zero-order valence-electron chi connectivity index (χ0n) is 12.6. The summed E-state index contributed by atoms with van der Waals surface area (Å²) in [5, 5.41) is 7.67. The molecule has 1 unspecified atom stereocenters. The molecule has 0 aliphatic carbocycles. The molecule has 0 spiro atoms. The van der Waals surface area contributed by atoms with E-state index in [1.165, 1.54) is 18.4 Å². The number of piperidine rings is 1. The van der Waals surface area contributed by atoms with Crippen LogP contribution in [0.15, 0.2) is 22.7 Å². The Morgan fingerprint density at radius 3 is 3.00 bits per heavy atom. The smallest absolute Gasteiger partial charge is 0.246 e. The van der Waals surface area contributed by atoms with Gasteiger partial charge < -0.3 is 14.6 Å². The van der Waals surface area contributed by atoms with Gasteiger partial charge in [0.2, 0.25) is 11.7 Å². The van der Waals surface area contributed by atoms with E-state index in [2.05, 4.69) is 28.4 Å². The maximum absolute atomic E-state index is 5.53. The van der Waals surface area contributed by atoms with Crippen LogP contribution >= 0.6 is 12.4 Å². The van der Waals surface area contributed by atoms with Gasteiger partial charge in [0.15, 0.2) is 0 Å². The minimum Gasteiger partial charge on any atom is -0.493 e. The topological polar surface area (TPSA) is 60.2 Å². The van der Waals surface area contributed by atoms with Crippen LogP contribution in [0.3, 0.4) is 0 Å². The van der Waals surface area contributed by atoms with Gasteiger partial charge in [0, 0.05) is 12.0 Å². The number of hydrogen-bond acceptors (Lipinski definition) is 5. The third-order valence-corrected chi connectivity index (χ3v) is 4.46. The summed E-state index contributed by atoms with van der Waals surface area (Å²) in [6.07, 6.45) is 4.39. The molecule has 1 fully saturated rings. The lowest BCUT2D eigenvalue weighted by Gasteiger charge is -2.31. The number of ether oxygens (including phenoxy) is 1. The molecule has 2 aliphatic rings. The van der Waals surface area contributed by atoms with E-state index < -0.39 is 0 Å². The van der Waals surface area contributed by atoms with Crippen molar-refractivity contribution in [2.24, 2.45) is 0 Å². The predicted molar refractivity (Wildman–Crippen MR) is 85.4 cm³/mol. The van der Waals surface area contributed by atoms with Crippen LogP contribution in [-0.2, 0) is 12.0 Å². The summed E-state index contributed by atoms with van der Waals surface area (Å²) in [6, 6.07) is 6.09. The number of benzene rings is 1. The first-order valence-corrected chi connectivity index (χ1v) is 7.60. The van der Waals surface area contributed by atoms with Crippen molar-refractivity contribution in [1.29, 1.82) is 0 Å². The third kappa shape index (κ3) is 2.59. The summed E-state index contributed by atoms with van der Waals surface area (Å²) >= 11 is 0. The number of fused-ring (bicyclic) bond motifs is 1. The van der Waals surface area contributed by atoms with Gasteiger partial charge in [-0.3, -0.25) is 0 Å². The molecule has 3 heterocycles. The Balaban J connectivity index is 0.00000144. The van der Waals surface area contributed by atoms with Gasteiger partial charge >= 0.3 is 0 Å². The van der Waals surface area contributed by atoms with Gasteiger partial charge in [0.25, 0.3) is 0 Å². The van der Waals surface area contributed by atoms with Gasteiger partial charge in [-0.2, -0.15) is 4.98 Å². The van der Waals surface area contributed by atoms with Gasteiger partial charge in [-0.15, -0.1) is 12.4 Å². The average Bonchev–Trinajstić information content (AvgIpc) is 3.17. The van der Waals surface area contributed by atoms with Gasteiger partial charge in [0.05, 0.1) is 12.1 Å². The van der Waals surface area contributed by atoms with E-state index >= 15 is 0 Å². The second-order valence-electron chi connectivity index (χ2n) is 6.06. The van der Waals surface area contributed by atoms with Crippen LogP contribution in [0.25, 0.3) is 11.4 Å². The minimum atomic E-state index is -0.191. The van der Waals surface area contributed by atoms with E-state index in [4.69, 9.17) is 9.26 Å². The van der Waals surface area contributed by atoms with Crippen molar-refractivity contribution in [2.75, 3.05) is 13.2 Å².